The summed E-state index contributed by atoms with van der Waals surface area (Å²) in [6.45, 7) is 1.91. The Morgan fingerprint density at radius 2 is 2.00 bits per heavy atom. The summed E-state index contributed by atoms with van der Waals surface area (Å²) in [4.78, 5) is 23.6. The molecule has 6 heteroatoms. The number of hydrogen-bond donors (Lipinski definition) is 4. The number of amides is 2. The molecular formula is C15H20N2O2S2. The molecular weight excluding hydrogens is 304 g/mol. The molecule has 114 valence electrons. The molecule has 4 nitrogen and oxygen atoms in total. The summed E-state index contributed by atoms with van der Waals surface area (Å²) in [5, 5.41) is 5.61. The number of carbonyl (C=O) groups is 2. The molecule has 1 aromatic carbocycles. The topological polar surface area (TPSA) is 58.2 Å². The van der Waals surface area contributed by atoms with Crippen LogP contribution < -0.4 is 10.6 Å². The van der Waals surface area contributed by atoms with Gasteiger partial charge >= 0.3 is 0 Å². The van der Waals surface area contributed by atoms with Gasteiger partial charge in [0.1, 0.15) is 6.04 Å². The molecule has 1 aliphatic heterocycles. The van der Waals surface area contributed by atoms with E-state index in [2.05, 4.69) is 35.9 Å². The lowest BCUT2D eigenvalue weighted by atomic mass is 9.93. The number of carbonyl (C=O) groups excluding carboxylic acids is 2. The van der Waals surface area contributed by atoms with Crippen molar-refractivity contribution in [2.24, 2.45) is 0 Å². The predicted molar refractivity (Wildman–Crippen MR) is 89.6 cm³/mol. The Hall–Kier alpha value is -1.14. The highest BCUT2D eigenvalue weighted by Gasteiger charge is 2.40. The maximum atomic E-state index is 12.0. The highest BCUT2D eigenvalue weighted by Crippen LogP contribution is 2.27. The molecule has 21 heavy (non-hydrogen) atoms. The summed E-state index contributed by atoms with van der Waals surface area (Å²) in [5.74, 6) is -0.257. The van der Waals surface area contributed by atoms with Crippen LogP contribution in [-0.2, 0) is 16.0 Å². The number of rotatable bonds is 6. The smallest absolute Gasteiger partial charge is 0.245 e. The Balaban J connectivity index is 1.83. The van der Waals surface area contributed by atoms with Crippen molar-refractivity contribution in [3.05, 3.63) is 35.9 Å². The molecule has 1 saturated heterocycles. The molecule has 1 fully saturated rings. The molecule has 2 amide bonds. The first-order valence-electron chi connectivity index (χ1n) is 6.93. The van der Waals surface area contributed by atoms with Crippen molar-refractivity contribution in [3.63, 3.8) is 0 Å². The second kappa shape index (κ2) is 6.75. The highest BCUT2D eigenvalue weighted by atomic mass is 32.2. The van der Waals surface area contributed by atoms with E-state index in [1.165, 1.54) is 0 Å². The van der Waals surface area contributed by atoms with E-state index in [1.54, 1.807) is 0 Å². The average Bonchev–Trinajstić information content (AvgIpc) is 2.41. The Bertz CT molecular complexity index is 514. The largest absolute Gasteiger partial charge is 0.349 e. The fourth-order valence-corrected chi connectivity index (χ4v) is 2.54. The van der Waals surface area contributed by atoms with Crippen LogP contribution in [0.3, 0.4) is 0 Å². The van der Waals surface area contributed by atoms with Crippen molar-refractivity contribution in [3.8, 4) is 0 Å². The van der Waals surface area contributed by atoms with Crippen LogP contribution in [0.5, 0.6) is 0 Å². The van der Waals surface area contributed by atoms with Gasteiger partial charge in [-0.05, 0) is 25.3 Å². The van der Waals surface area contributed by atoms with Crippen molar-refractivity contribution in [2.45, 2.75) is 42.3 Å². The molecule has 0 aromatic heterocycles. The summed E-state index contributed by atoms with van der Waals surface area (Å²) in [5.41, 5.74) is 0.935. The molecule has 2 atom stereocenters. The first-order valence-corrected chi connectivity index (χ1v) is 7.83. The second-order valence-corrected chi connectivity index (χ2v) is 7.91. The van der Waals surface area contributed by atoms with Gasteiger partial charge in [-0.2, -0.15) is 25.3 Å². The van der Waals surface area contributed by atoms with Crippen LogP contribution in [0, 0.1) is 0 Å². The molecule has 1 aromatic rings. The highest BCUT2D eigenvalue weighted by molar-refractivity contribution is 8.00. The zero-order valence-electron chi connectivity index (χ0n) is 11.9. The minimum Gasteiger partial charge on any atom is -0.349 e. The number of thiol groups is 2. The summed E-state index contributed by atoms with van der Waals surface area (Å²) in [6.07, 6.45) is 1.77. The molecule has 0 radical (unpaired) electrons. The van der Waals surface area contributed by atoms with Gasteiger partial charge in [0.15, 0.2) is 0 Å². The van der Waals surface area contributed by atoms with Gasteiger partial charge in [0, 0.05) is 0 Å². The maximum Gasteiger partial charge on any atom is 0.245 e. The van der Waals surface area contributed by atoms with E-state index >= 15 is 0 Å². The third-order valence-corrected chi connectivity index (χ3v) is 3.91. The van der Waals surface area contributed by atoms with Crippen LogP contribution in [-0.4, -0.2) is 28.0 Å². The van der Waals surface area contributed by atoms with Gasteiger partial charge in [-0.15, -0.1) is 0 Å². The number of benzene rings is 1. The van der Waals surface area contributed by atoms with Gasteiger partial charge in [-0.25, -0.2) is 0 Å². The molecule has 0 bridgehead atoms. The summed E-state index contributed by atoms with van der Waals surface area (Å²) >= 11 is 8.69. The van der Waals surface area contributed by atoms with Crippen LogP contribution in [0.4, 0.5) is 0 Å². The van der Waals surface area contributed by atoms with Crippen molar-refractivity contribution in [1.82, 2.24) is 10.6 Å². The second-order valence-electron chi connectivity index (χ2n) is 5.58. The maximum absolute atomic E-state index is 12.0. The van der Waals surface area contributed by atoms with Gasteiger partial charge in [-0.1, -0.05) is 30.3 Å². The fourth-order valence-electron chi connectivity index (χ4n) is 2.28. The predicted octanol–water partition coefficient (Wildman–Crippen LogP) is 1.57. The zero-order chi connectivity index (χ0) is 15.5. The quantitative estimate of drug-likeness (QED) is 0.365. The van der Waals surface area contributed by atoms with Crippen LogP contribution in [0.1, 0.15) is 25.3 Å². The van der Waals surface area contributed by atoms with Gasteiger partial charge < -0.3 is 10.6 Å². The van der Waals surface area contributed by atoms with Crippen molar-refractivity contribution >= 4 is 37.1 Å². The molecule has 0 aliphatic carbocycles. The van der Waals surface area contributed by atoms with E-state index in [0.29, 0.717) is 0 Å². The number of β-lactam (4-membered cyclic amide) rings is 1. The van der Waals surface area contributed by atoms with E-state index in [4.69, 9.17) is 0 Å². The first-order chi connectivity index (χ1) is 9.85. The van der Waals surface area contributed by atoms with Crippen LogP contribution in [0.25, 0.3) is 0 Å². The molecule has 2 rings (SSSR count). The Morgan fingerprint density at radius 1 is 1.33 bits per heavy atom. The number of hydrogen-bond acceptors (Lipinski definition) is 4. The third kappa shape index (κ3) is 4.97. The lowest BCUT2D eigenvalue weighted by Gasteiger charge is -2.38. The fraction of sp³-hybridized carbons (Fsp3) is 0.467. The third-order valence-electron chi connectivity index (χ3n) is 3.47. The number of nitrogens with one attached hydrogen (secondary N) is 2. The van der Waals surface area contributed by atoms with E-state index in [-0.39, 0.29) is 28.4 Å². The van der Waals surface area contributed by atoms with E-state index in [0.717, 1.165) is 18.4 Å². The summed E-state index contributed by atoms with van der Waals surface area (Å²) < 4.78 is -0.376. The van der Waals surface area contributed by atoms with Crippen LogP contribution in [0.2, 0.25) is 0 Å². The summed E-state index contributed by atoms with van der Waals surface area (Å²) in [7, 11) is 0. The van der Waals surface area contributed by atoms with Gasteiger partial charge in [-0.3, -0.25) is 9.59 Å². The van der Waals surface area contributed by atoms with Gasteiger partial charge in [0.2, 0.25) is 11.8 Å². The molecule has 0 unspecified atom stereocenters. The van der Waals surface area contributed by atoms with Crippen molar-refractivity contribution in [1.29, 1.82) is 0 Å². The van der Waals surface area contributed by atoms with Gasteiger partial charge in [0.05, 0.1) is 16.5 Å². The Kier molecular flexibility index (Phi) is 5.22. The van der Waals surface area contributed by atoms with Crippen LogP contribution in [0.15, 0.2) is 30.3 Å². The van der Waals surface area contributed by atoms with Crippen molar-refractivity contribution < 1.29 is 9.59 Å². The normalized spacial score (nSPS) is 21.4. The molecule has 1 heterocycles. The molecule has 1 aliphatic rings. The molecule has 0 spiro atoms. The summed E-state index contributed by atoms with van der Waals surface area (Å²) in [6, 6.07) is 9.00. The van der Waals surface area contributed by atoms with E-state index in [1.807, 2.05) is 37.3 Å². The van der Waals surface area contributed by atoms with Crippen molar-refractivity contribution in [2.75, 3.05) is 0 Å². The SMILES string of the molecule is CC(S)(S)CC[C@H]1NC(=O)[C@@H]1NC(=O)Cc1ccccc1. The lowest BCUT2D eigenvalue weighted by Crippen LogP contribution is -2.69. The minimum atomic E-state index is -0.440. The van der Waals surface area contributed by atoms with E-state index in [9.17, 15) is 9.59 Å². The Labute approximate surface area is 135 Å². The average molecular weight is 324 g/mol. The molecule has 0 saturated carbocycles. The standard InChI is InChI=1S/C15H20N2O2S2/c1-15(20,21)8-7-11-13(14(19)16-11)17-12(18)9-10-5-3-2-4-6-10/h2-6,11,13,20-21H,7-9H2,1H3,(H,16,19)(H,17,18)/t11-,13-/m1/s1. The van der Waals surface area contributed by atoms with E-state index < -0.39 is 6.04 Å². The first kappa shape index (κ1) is 16.2. The lowest BCUT2D eigenvalue weighted by molar-refractivity contribution is -0.136. The minimum absolute atomic E-state index is 0.0316. The van der Waals surface area contributed by atoms with Gasteiger partial charge in [0.25, 0.3) is 0 Å². The zero-order valence-corrected chi connectivity index (χ0v) is 13.7. The Morgan fingerprint density at radius 3 is 2.57 bits per heavy atom. The molecule has 2 N–H and O–H groups in total. The van der Waals surface area contributed by atoms with Crippen LogP contribution >= 0.6 is 25.3 Å². The monoisotopic (exact) mass is 324 g/mol.